The lowest BCUT2D eigenvalue weighted by molar-refractivity contribution is 0.554. The van der Waals surface area contributed by atoms with E-state index >= 15 is 0 Å². The van der Waals surface area contributed by atoms with Crippen molar-refractivity contribution in [3.8, 4) is 0 Å². The maximum Gasteiger partial charge on any atom is 0.125 e. The van der Waals surface area contributed by atoms with Gasteiger partial charge in [0.05, 0.1) is 6.33 Å². The lowest BCUT2D eigenvalue weighted by Crippen LogP contribution is -1.52. The first-order valence-corrected chi connectivity index (χ1v) is 2.42. The summed E-state index contributed by atoms with van der Waals surface area (Å²) in [5.41, 5.74) is 0. The standard InChI is InChI=1S/2C3H4F2/c1-3(5)2-4;4-2-1-3-5/h2H,1H3;1-2H,3H2. The first kappa shape index (κ1) is 11.9. The molecule has 0 amide bonds. The Labute approximate surface area is 56.9 Å². The van der Waals surface area contributed by atoms with E-state index in [9.17, 15) is 17.6 Å². The van der Waals surface area contributed by atoms with E-state index in [2.05, 4.69) is 0 Å². The van der Waals surface area contributed by atoms with E-state index in [1.807, 2.05) is 0 Å². The lowest BCUT2D eigenvalue weighted by Gasteiger charge is -1.65. The van der Waals surface area contributed by atoms with Crippen molar-refractivity contribution in [1.29, 1.82) is 0 Å². The van der Waals surface area contributed by atoms with Gasteiger partial charge >= 0.3 is 0 Å². The van der Waals surface area contributed by atoms with Gasteiger partial charge < -0.3 is 0 Å². The number of hydrogen-bond acceptors (Lipinski definition) is 0. The van der Waals surface area contributed by atoms with Gasteiger partial charge in [0.1, 0.15) is 18.8 Å². The molecule has 0 rings (SSSR count). The molecule has 0 aromatic heterocycles. The molecule has 0 fully saturated rings. The minimum atomic E-state index is -0.787. The molecule has 0 aliphatic carbocycles. The van der Waals surface area contributed by atoms with Gasteiger partial charge in [-0.1, -0.05) is 0 Å². The summed E-state index contributed by atoms with van der Waals surface area (Å²) in [4.78, 5) is 0. The van der Waals surface area contributed by atoms with Gasteiger partial charge in [-0.2, -0.15) is 0 Å². The summed E-state index contributed by atoms with van der Waals surface area (Å²) < 4.78 is 42.7. The van der Waals surface area contributed by atoms with Crippen LogP contribution in [-0.2, 0) is 0 Å². The maximum absolute atomic E-state index is 10.9. The molecule has 0 aliphatic rings. The highest BCUT2D eigenvalue weighted by atomic mass is 19.2. The molecule has 0 aromatic carbocycles. The molecule has 4 heteroatoms. The molecular formula is C6H8F4. The highest BCUT2D eigenvalue weighted by Crippen LogP contribution is 1.89. The fraction of sp³-hybridized carbons (Fsp3) is 0.333. The fourth-order valence-electron chi connectivity index (χ4n) is 0.0337. The number of hydrogen-bond donors (Lipinski definition) is 0. The van der Waals surface area contributed by atoms with Crippen molar-refractivity contribution in [3.63, 3.8) is 0 Å². The second kappa shape index (κ2) is 11.1. The molecule has 0 nitrogen and oxygen atoms in total. The predicted octanol–water partition coefficient (Wildman–Crippen LogP) is 3.23. The highest BCUT2D eigenvalue weighted by molar-refractivity contribution is 4.75. The summed E-state index contributed by atoms with van der Waals surface area (Å²) in [7, 11) is 0. The maximum atomic E-state index is 10.9. The van der Waals surface area contributed by atoms with Crippen LogP contribution >= 0.6 is 0 Å². The molecule has 0 heterocycles. The van der Waals surface area contributed by atoms with Crippen molar-refractivity contribution in [3.05, 3.63) is 24.6 Å². The van der Waals surface area contributed by atoms with Crippen LogP contribution in [-0.4, -0.2) is 6.67 Å². The molecule has 0 radical (unpaired) electrons. The summed E-state index contributed by atoms with van der Waals surface area (Å²) in [6, 6.07) is 0. The quantitative estimate of drug-likeness (QED) is 0.511. The fourth-order valence-corrected chi connectivity index (χ4v) is 0.0337. The summed E-state index contributed by atoms with van der Waals surface area (Å²) >= 11 is 0. The Kier molecular flexibility index (Phi) is 13.2. The minimum absolute atomic E-state index is 0.0833. The predicted molar refractivity (Wildman–Crippen MR) is 32.2 cm³/mol. The van der Waals surface area contributed by atoms with Crippen molar-refractivity contribution < 1.29 is 17.6 Å². The van der Waals surface area contributed by atoms with Crippen LogP contribution in [0.4, 0.5) is 17.6 Å². The van der Waals surface area contributed by atoms with E-state index in [-0.39, 0.29) is 12.7 Å². The van der Waals surface area contributed by atoms with Crippen molar-refractivity contribution in [2.45, 2.75) is 6.92 Å². The third-order valence-electron chi connectivity index (χ3n) is 0.329. The monoisotopic (exact) mass is 156 g/mol. The van der Waals surface area contributed by atoms with E-state index in [1.165, 1.54) is 0 Å². The van der Waals surface area contributed by atoms with Gasteiger partial charge in [0.25, 0.3) is 0 Å². The van der Waals surface area contributed by atoms with Crippen LogP contribution in [0.15, 0.2) is 24.6 Å². The average Bonchev–Trinajstić information content (AvgIpc) is 1.91. The zero-order valence-corrected chi connectivity index (χ0v) is 5.45. The van der Waals surface area contributed by atoms with Gasteiger partial charge in [0.2, 0.25) is 0 Å². The Balaban J connectivity index is 0. The Morgan fingerprint density at radius 1 is 1.40 bits per heavy atom. The molecule has 0 saturated heterocycles. The zero-order chi connectivity index (χ0) is 8.41. The molecule has 0 N–H and O–H groups in total. The van der Waals surface area contributed by atoms with Crippen molar-refractivity contribution in [2.75, 3.05) is 6.67 Å². The van der Waals surface area contributed by atoms with Crippen LogP contribution in [0.5, 0.6) is 0 Å². The van der Waals surface area contributed by atoms with Gasteiger partial charge in [-0.05, 0) is 13.0 Å². The average molecular weight is 156 g/mol. The third-order valence-corrected chi connectivity index (χ3v) is 0.329. The minimum Gasteiger partial charge on any atom is -0.246 e. The van der Waals surface area contributed by atoms with Gasteiger partial charge in [-0.3, -0.25) is 0 Å². The van der Waals surface area contributed by atoms with E-state index in [0.717, 1.165) is 13.0 Å². The molecule has 0 spiro atoms. The SMILES string of the molecule is CC(F)=CF.FC=CCF. The van der Waals surface area contributed by atoms with Crippen LogP contribution in [0.25, 0.3) is 0 Å². The van der Waals surface area contributed by atoms with Crippen LogP contribution in [0, 0.1) is 0 Å². The van der Waals surface area contributed by atoms with E-state index < -0.39 is 12.5 Å². The van der Waals surface area contributed by atoms with Crippen LogP contribution in [0.3, 0.4) is 0 Å². The molecule has 0 atom stereocenters. The third kappa shape index (κ3) is 27.0. The summed E-state index contributed by atoms with van der Waals surface area (Å²) in [6.07, 6.45) is 0.889. The summed E-state index contributed by atoms with van der Waals surface area (Å²) in [5.74, 6) is -0.787. The van der Waals surface area contributed by atoms with Crippen LogP contribution < -0.4 is 0 Å². The molecule has 0 saturated carbocycles. The van der Waals surface area contributed by atoms with Crippen LogP contribution in [0.2, 0.25) is 0 Å². The Hall–Kier alpha value is -0.800. The van der Waals surface area contributed by atoms with Gasteiger partial charge in [-0.25, -0.2) is 17.6 Å². The highest BCUT2D eigenvalue weighted by Gasteiger charge is 1.70. The summed E-state index contributed by atoms with van der Waals surface area (Å²) in [5, 5.41) is 0. The smallest absolute Gasteiger partial charge is 0.125 e. The molecule has 0 unspecified atom stereocenters. The molecule has 0 aromatic rings. The lowest BCUT2D eigenvalue weighted by atomic mass is 10.7. The van der Waals surface area contributed by atoms with Crippen molar-refractivity contribution in [2.24, 2.45) is 0 Å². The molecule has 0 aliphatic heterocycles. The van der Waals surface area contributed by atoms with Crippen molar-refractivity contribution >= 4 is 0 Å². The topological polar surface area (TPSA) is 0 Å². The van der Waals surface area contributed by atoms with Crippen LogP contribution in [0.1, 0.15) is 6.92 Å². The van der Waals surface area contributed by atoms with Gasteiger partial charge in [-0.15, -0.1) is 0 Å². The zero-order valence-electron chi connectivity index (χ0n) is 5.45. The number of rotatable bonds is 1. The number of allylic oxidation sites excluding steroid dienone is 2. The second-order valence-electron chi connectivity index (χ2n) is 1.21. The summed E-state index contributed by atoms with van der Waals surface area (Å²) in [6.45, 7) is 0.330. The largest absolute Gasteiger partial charge is 0.246 e. The second-order valence-corrected chi connectivity index (χ2v) is 1.21. The Morgan fingerprint density at radius 3 is 1.80 bits per heavy atom. The van der Waals surface area contributed by atoms with E-state index in [1.54, 1.807) is 0 Å². The normalized spacial score (nSPS) is 11.1. The molecule has 0 bridgehead atoms. The number of halogens is 4. The number of alkyl halides is 1. The molecular weight excluding hydrogens is 148 g/mol. The van der Waals surface area contributed by atoms with E-state index in [4.69, 9.17) is 0 Å². The molecule has 60 valence electrons. The first-order valence-electron chi connectivity index (χ1n) is 2.42. The van der Waals surface area contributed by atoms with E-state index in [0.29, 0.717) is 0 Å². The Morgan fingerprint density at radius 2 is 1.80 bits per heavy atom. The van der Waals surface area contributed by atoms with Crippen molar-refractivity contribution in [1.82, 2.24) is 0 Å². The Bertz CT molecular complexity index is 102. The van der Waals surface area contributed by atoms with Gasteiger partial charge in [0.15, 0.2) is 0 Å². The molecule has 10 heavy (non-hydrogen) atoms. The first-order chi connectivity index (χ1) is 4.68. The van der Waals surface area contributed by atoms with Gasteiger partial charge in [0, 0.05) is 0 Å².